The Morgan fingerprint density at radius 2 is 1.16 bits per heavy atom. The second-order valence-electron chi connectivity index (χ2n) is 7.59. The van der Waals surface area contributed by atoms with E-state index in [1.807, 2.05) is 0 Å². The number of aliphatic hydroxyl groups is 3. The van der Waals surface area contributed by atoms with Crippen LogP contribution in [-0.4, -0.2) is 72.8 Å². The lowest BCUT2D eigenvalue weighted by Crippen LogP contribution is -2.45. The molecule has 31 heavy (non-hydrogen) atoms. The molecular weight excluding hydrogens is 418 g/mol. The van der Waals surface area contributed by atoms with Crippen LogP contribution in [0, 0.1) is 30.3 Å². The van der Waals surface area contributed by atoms with Crippen LogP contribution in [0.4, 0.5) is 0 Å². The van der Waals surface area contributed by atoms with Gasteiger partial charge < -0.3 is 15.3 Å². The van der Waals surface area contributed by atoms with Crippen molar-refractivity contribution in [2.75, 3.05) is 0 Å². The Morgan fingerprint density at radius 1 is 0.710 bits per heavy atom. The normalized spacial score (nSPS) is 17.2. The molecule has 0 saturated carbocycles. The second kappa shape index (κ2) is 15.5. The monoisotopic (exact) mass is 450 g/mol. The maximum atomic E-state index is 11.3. The van der Waals surface area contributed by atoms with Crippen molar-refractivity contribution in [3.05, 3.63) is 30.3 Å². The maximum Gasteiger partial charge on any atom is 0.241 e. The highest BCUT2D eigenvalue weighted by Crippen LogP contribution is 2.20. The van der Waals surface area contributed by atoms with Crippen molar-refractivity contribution in [1.82, 2.24) is 0 Å². The Labute approximate surface area is 179 Å². The molecule has 0 heterocycles. The van der Waals surface area contributed by atoms with Gasteiger partial charge in [-0.25, -0.2) is 0 Å². The number of hydrogen-bond acceptors (Lipinski definition) is 10. The van der Waals surface area contributed by atoms with E-state index in [2.05, 4.69) is 0 Å². The third kappa shape index (κ3) is 11.1. The van der Waals surface area contributed by atoms with E-state index in [-0.39, 0.29) is 12.8 Å². The van der Waals surface area contributed by atoms with Gasteiger partial charge in [-0.2, -0.15) is 0 Å². The largest absolute Gasteiger partial charge is 0.386 e. The van der Waals surface area contributed by atoms with Gasteiger partial charge in [-0.15, -0.1) is 0 Å². The fourth-order valence-corrected chi connectivity index (χ4v) is 3.43. The third-order valence-corrected chi connectivity index (χ3v) is 5.31. The highest BCUT2D eigenvalue weighted by atomic mass is 16.6. The van der Waals surface area contributed by atoms with Gasteiger partial charge in [-0.1, -0.05) is 26.2 Å². The van der Waals surface area contributed by atoms with Crippen LogP contribution in [0.5, 0.6) is 0 Å². The van der Waals surface area contributed by atoms with Crippen molar-refractivity contribution in [3.63, 3.8) is 0 Å². The molecule has 0 saturated heterocycles. The highest BCUT2D eigenvalue weighted by Gasteiger charge is 2.41. The van der Waals surface area contributed by atoms with E-state index in [1.54, 1.807) is 6.29 Å². The summed E-state index contributed by atoms with van der Waals surface area (Å²) >= 11 is 0. The van der Waals surface area contributed by atoms with Crippen LogP contribution in [0.15, 0.2) is 0 Å². The van der Waals surface area contributed by atoms with Crippen LogP contribution in [0.3, 0.4) is 0 Å². The van der Waals surface area contributed by atoms with Crippen LogP contribution >= 0.6 is 0 Å². The Kier molecular flexibility index (Phi) is 14.4. The van der Waals surface area contributed by atoms with Gasteiger partial charge in [0.2, 0.25) is 18.1 Å². The summed E-state index contributed by atoms with van der Waals surface area (Å²) in [6.45, 7) is 1.44. The van der Waals surface area contributed by atoms with E-state index in [0.717, 1.165) is 12.8 Å². The molecule has 0 aliphatic carbocycles. The molecule has 13 heteroatoms. The standard InChI is InChI=1S/C18H32N3O10/c1-2-13(19(26)27)17(24)12-18(25)15(21(30)31)11-16(23)14(20(28)29)9-7-5-3-4-6-8-10-22/h13-18,23-25H,2-9,11-12H2,1H3. The first-order chi connectivity index (χ1) is 14.6. The minimum atomic E-state index is -1.82. The molecule has 0 aromatic rings. The number of nitrogens with zero attached hydrogens (tertiary/aromatic N) is 3. The third-order valence-electron chi connectivity index (χ3n) is 5.31. The number of rotatable bonds is 19. The Hall–Kier alpha value is -2.25. The van der Waals surface area contributed by atoms with Gasteiger partial charge in [0.05, 0.1) is 6.42 Å². The highest BCUT2D eigenvalue weighted by molar-refractivity contribution is 5.50. The van der Waals surface area contributed by atoms with Gasteiger partial charge in [0.25, 0.3) is 0 Å². The zero-order valence-electron chi connectivity index (χ0n) is 17.6. The summed E-state index contributed by atoms with van der Waals surface area (Å²) in [5.41, 5.74) is 0. The first kappa shape index (κ1) is 28.8. The fourth-order valence-electron chi connectivity index (χ4n) is 3.43. The summed E-state index contributed by atoms with van der Waals surface area (Å²) in [5.74, 6) is 0. The van der Waals surface area contributed by atoms with Crippen molar-refractivity contribution in [2.45, 2.75) is 108 Å². The van der Waals surface area contributed by atoms with Crippen LogP contribution < -0.4 is 0 Å². The number of hydrogen-bond donors (Lipinski definition) is 3. The maximum absolute atomic E-state index is 11.3. The number of carbonyl (C=O) groups excluding carboxylic acids is 1. The number of unbranched alkanes of at least 4 members (excludes halogenated alkanes) is 5. The van der Waals surface area contributed by atoms with Crippen molar-refractivity contribution < 1.29 is 34.9 Å². The molecule has 1 radical (unpaired) electrons. The quantitative estimate of drug-likeness (QED) is 0.145. The Balaban J connectivity index is 4.87. The molecule has 179 valence electrons. The summed E-state index contributed by atoms with van der Waals surface area (Å²) < 4.78 is 0. The van der Waals surface area contributed by atoms with Crippen LogP contribution in [-0.2, 0) is 4.79 Å². The molecule has 0 aliphatic rings. The van der Waals surface area contributed by atoms with E-state index >= 15 is 0 Å². The van der Waals surface area contributed by atoms with E-state index in [4.69, 9.17) is 0 Å². The summed E-state index contributed by atoms with van der Waals surface area (Å²) in [5, 5.41) is 63.8. The van der Waals surface area contributed by atoms with E-state index in [9.17, 15) is 50.5 Å². The average molecular weight is 450 g/mol. The predicted octanol–water partition coefficient (Wildman–Crippen LogP) is 1.04. The molecule has 0 spiro atoms. The minimum Gasteiger partial charge on any atom is -0.386 e. The van der Waals surface area contributed by atoms with Gasteiger partial charge in [0, 0.05) is 40.5 Å². The zero-order valence-corrected chi connectivity index (χ0v) is 17.6. The molecule has 0 rings (SSSR count). The summed E-state index contributed by atoms with van der Waals surface area (Å²) in [4.78, 5) is 41.3. The predicted molar refractivity (Wildman–Crippen MR) is 108 cm³/mol. The molecule has 0 aromatic heterocycles. The summed E-state index contributed by atoms with van der Waals surface area (Å²) in [6.07, 6.45) is -1.32. The molecule has 13 nitrogen and oxygen atoms in total. The van der Waals surface area contributed by atoms with Crippen molar-refractivity contribution in [3.8, 4) is 0 Å². The van der Waals surface area contributed by atoms with E-state index in [0.29, 0.717) is 25.7 Å². The van der Waals surface area contributed by atoms with Gasteiger partial charge >= 0.3 is 0 Å². The lowest BCUT2D eigenvalue weighted by atomic mass is 9.92. The minimum absolute atomic E-state index is 0.0175. The molecule has 3 N–H and O–H groups in total. The van der Waals surface area contributed by atoms with Crippen LogP contribution in [0.25, 0.3) is 0 Å². The summed E-state index contributed by atoms with van der Waals surface area (Å²) in [7, 11) is 0. The fraction of sp³-hybridized carbons (Fsp3) is 0.944. The van der Waals surface area contributed by atoms with Crippen molar-refractivity contribution in [1.29, 1.82) is 0 Å². The lowest BCUT2D eigenvalue weighted by molar-refractivity contribution is -0.556. The molecule has 0 bridgehead atoms. The first-order valence-electron chi connectivity index (χ1n) is 10.4. The zero-order chi connectivity index (χ0) is 24.0. The Morgan fingerprint density at radius 3 is 1.65 bits per heavy atom. The lowest BCUT2D eigenvalue weighted by Gasteiger charge is -2.23. The van der Waals surface area contributed by atoms with Crippen LogP contribution in [0.2, 0.25) is 0 Å². The topological polar surface area (TPSA) is 207 Å². The van der Waals surface area contributed by atoms with Gasteiger partial charge in [-0.3, -0.25) is 35.1 Å². The van der Waals surface area contributed by atoms with Gasteiger partial charge in [-0.05, 0) is 12.8 Å². The van der Waals surface area contributed by atoms with Gasteiger partial charge in [0.15, 0.2) is 6.29 Å². The average Bonchev–Trinajstić information content (AvgIpc) is 2.67. The Bertz CT molecular complexity index is 577. The van der Waals surface area contributed by atoms with Crippen LogP contribution in [0.1, 0.15) is 71.1 Å². The molecule has 0 fully saturated rings. The molecular formula is C18H32N3O10. The van der Waals surface area contributed by atoms with E-state index in [1.165, 1.54) is 6.92 Å². The van der Waals surface area contributed by atoms with Gasteiger partial charge in [0.1, 0.15) is 18.3 Å². The molecule has 6 atom stereocenters. The van der Waals surface area contributed by atoms with Crippen molar-refractivity contribution >= 4 is 6.29 Å². The molecule has 0 aromatic carbocycles. The van der Waals surface area contributed by atoms with E-state index < -0.39 is 64.0 Å². The summed E-state index contributed by atoms with van der Waals surface area (Å²) in [6, 6.07) is -4.70. The van der Waals surface area contributed by atoms with Crippen molar-refractivity contribution in [2.24, 2.45) is 0 Å². The molecule has 6 unspecified atom stereocenters. The number of nitro groups is 3. The smallest absolute Gasteiger partial charge is 0.241 e. The molecule has 0 aliphatic heterocycles. The SMILES string of the molecule is CCC(C(O)CC(O)C(CC(O)C(CCCCCCC[C]=O)[N+](=O)[O-])[N+](=O)[O-])[N+](=O)[O-]. The second-order valence-corrected chi connectivity index (χ2v) is 7.59. The number of aliphatic hydroxyl groups excluding tert-OH is 3. The molecule has 0 amide bonds. The first-order valence-corrected chi connectivity index (χ1v) is 10.4.